The molecule has 9 heteroatoms. The van der Waals surface area contributed by atoms with Gasteiger partial charge >= 0.3 is 6.18 Å². The van der Waals surface area contributed by atoms with Crippen LogP contribution in [0.25, 0.3) is 0 Å². The van der Waals surface area contributed by atoms with Crippen LogP contribution in [0, 0.1) is 11.3 Å². The summed E-state index contributed by atoms with van der Waals surface area (Å²) < 4.78 is 45.9. The summed E-state index contributed by atoms with van der Waals surface area (Å²) >= 11 is 0. The minimum absolute atomic E-state index is 0.0462. The lowest BCUT2D eigenvalue weighted by atomic mass is 9.93. The Morgan fingerprint density at radius 3 is 2.60 bits per heavy atom. The van der Waals surface area contributed by atoms with E-state index in [1.165, 1.54) is 6.20 Å². The Morgan fingerprint density at radius 2 is 2.04 bits per heavy atom. The van der Waals surface area contributed by atoms with Crippen molar-refractivity contribution in [3.63, 3.8) is 0 Å². The average Bonchev–Trinajstić information content (AvgIpc) is 2.56. The first-order valence-electron chi connectivity index (χ1n) is 7.82. The Morgan fingerprint density at radius 1 is 1.32 bits per heavy atom. The molecule has 1 aromatic heterocycles. The highest BCUT2D eigenvalue weighted by molar-refractivity contribution is 5.77. The third kappa shape index (κ3) is 6.97. The molecule has 1 aliphatic carbocycles. The highest BCUT2D eigenvalue weighted by Crippen LogP contribution is 2.23. The average molecular weight is 357 g/mol. The van der Waals surface area contributed by atoms with E-state index in [1.807, 2.05) is 6.07 Å². The van der Waals surface area contributed by atoms with Crippen LogP contribution >= 0.6 is 0 Å². The summed E-state index contributed by atoms with van der Waals surface area (Å²) in [6.45, 7) is -2.04. The van der Waals surface area contributed by atoms with Gasteiger partial charge in [0.1, 0.15) is 25.4 Å². The minimum atomic E-state index is -4.44. The number of nitriles is 1. The fraction of sp³-hybridized carbons (Fsp3) is 0.562. The maximum absolute atomic E-state index is 11.9. The van der Waals surface area contributed by atoms with Gasteiger partial charge in [0.25, 0.3) is 0 Å². The van der Waals surface area contributed by atoms with Crippen LogP contribution in [-0.4, -0.2) is 42.4 Å². The van der Waals surface area contributed by atoms with E-state index in [-0.39, 0.29) is 12.1 Å². The van der Waals surface area contributed by atoms with Crippen LogP contribution in [0.2, 0.25) is 0 Å². The summed E-state index contributed by atoms with van der Waals surface area (Å²) in [5, 5.41) is 11.4. The zero-order chi connectivity index (χ0) is 18.3. The normalized spacial score (nSPS) is 20.6. The van der Waals surface area contributed by atoms with Gasteiger partial charge in [0.05, 0.1) is 5.56 Å². The van der Waals surface area contributed by atoms with E-state index in [0.29, 0.717) is 37.1 Å². The molecule has 0 saturated heterocycles. The highest BCUT2D eigenvalue weighted by atomic mass is 19.4. The summed E-state index contributed by atoms with van der Waals surface area (Å²) in [5.74, 6) is -0.116. The van der Waals surface area contributed by atoms with E-state index in [4.69, 9.17) is 10.00 Å². The molecule has 0 radical (unpaired) electrons. The molecule has 25 heavy (non-hydrogen) atoms. The van der Waals surface area contributed by atoms with Crippen LogP contribution in [0.1, 0.15) is 31.2 Å². The van der Waals surface area contributed by atoms with Crippen molar-refractivity contribution in [2.45, 2.75) is 44.0 Å². The first-order chi connectivity index (χ1) is 11.9. The number of carbonyl (C=O) groups excluding carboxylic acids is 1. The van der Waals surface area contributed by atoms with Crippen molar-refractivity contribution in [1.82, 2.24) is 10.3 Å². The molecular formula is C16H18F3N3O3. The monoisotopic (exact) mass is 357 g/mol. The largest absolute Gasteiger partial charge is 0.474 e. The number of hydrogen-bond donors (Lipinski definition) is 1. The minimum Gasteiger partial charge on any atom is -0.474 e. The molecule has 1 aliphatic rings. The summed E-state index contributed by atoms with van der Waals surface area (Å²) in [5.41, 5.74) is 0.450. The number of carbonyl (C=O) groups is 1. The van der Waals surface area contributed by atoms with E-state index < -0.39 is 25.3 Å². The zero-order valence-corrected chi connectivity index (χ0v) is 13.4. The molecule has 1 heterocycles. The number of alkyl halides is 3. The maximum atomic E-state index is 11.9. The predicted molar refractivity (Wildman–Crippen MR) is 80.6 cm³/mol. The van der Waals surface area contributed by atoms with Gasteiger partial charge in [0.15, 0.2) is 0 Å². The fourth-order valence-electron chi connectivity index (χ4n) is 2.54. The van der Waals surface area contributed by atoms with Crippen LogP contribution < -0.4 is 10.1 Å². The zero-order valence-electron chi connectivity index (χ0n) is 13.4. The Bertz CT molecular complexity index is 606. The molecule has 6 nitrogen and oxygen atoms in total. The van der Waals surface area contributed by atoms with Crippen molar-refractivity contribution < 1.29 is 27.4 Å². The molecule has 1 amide bonds. The van der Waals surface area contributed by atoms with E-state index >= 15 is 0 Å². The number of ether oxygens (including phenoxy) is 2. The van der Waals surface area contributed by atoms with E-state index in [9.17, 15) is 18.0 Å². The van der Waals surface area contributed by atoms with Gasteiger partial charge in [-0.15, -0.1) is 0 Å². The molecule has 1 aromatic rings. The van der Waals surface area contributed by atoms with Gasteiger partial charge in [-0.2, -0.15) is 18.4 Å². The van der Waals surface area contributed by atoms with Crippen molar-refractivity contribution in [1.29, 1.82) is 5.26 Å². The second-order valence-corrected chi connectivity index (χ2v) is 5.76. The van der Waals surface area contributed by atoms with Crippen LogP contribution in [0.3, 0.4) is 0 Å². The van der Waals surface area contributed by atoms with Gasteiger partial charge in [-0.05, 0) is 31.7 Å². The second kappa shape index (κ2) is 8.67. The molecule has 1 N–H and O–H groups in total. The van der Waals surface area contributed by atoms with Crippen molar-refractivity contribution in [2.75, 3.05) is 13.2 Å². The molecule has 0 unspecified atom stereocenters. The number of rotatable bonds is 6. The van der Waals surface area contributed by atoms with Crippen molar-refractivity contribution >= 4 is 5.91 Å². The van der Waals surface area contributed by atoms with E-state index in [2.05, 4.69) is 15.0 Å². The van der Waals surface area contributed by atoms with Crippen LogP contribution in [0.4, 0.5) is 13.2 Å². The Kier molecular flexibility index (Phi) is 6.58. The Balaban J connectivity index is 1.67. The lowest BCUT2D eigenvalue weighted by molar-refractivity contribution is -0.175. The smallest absolute Gasteiger partial charge is 0.411 e. The Labute approximate surface area is 142 Å². The third-order valence-corrected chi connectivity index (χ3v) is 3.69. The molecule has 1 fully saturated rings. The molecule has 0 aliphatic heterocycles. The summed E-state index contributed by atoms with van der Waals surface area (Å²) in [6, 6.07) is 5.12. The molecule has 0 bridgehead atoms. The first-order valence-corrected chi connectivity index (χ1v) is 7.82. The molecule has 2 rings (SSSR count). The maximum Gasteiger partial charge on any atom is 0.411 e. The third-order valence-electron chi connectivity index (χ3n) is 3.69. The number of hydrogen-bond acceptors (Lipinski definition) is 5. The van der Waals surface area contributed by atoms with Gasteiger partial charge < -0.3 is 14.8 Å². The van der Waals surface area contributed by atoms with Crippen LogP contribution in [0.5, 0.6) is 5.88 Å². The van der Waals surface area contributed by atoms with E-state index in [1.54, 1.807) is 12.1 Å². The molecule has 0 atom stereocenters. The second-order valence-electron chi connectivity index (χ2n) is 5.76. The molecular weight excluding hydrogens is 339 g/mol. The number of nitrogens with one attached hydrogen (secondary N) is 1. The number of amides is 1. The van der Waals surface area contributed by atoms with Crippen molar-refractivity contribution in [3.8, 4) is 11.9 Å². The lowest BCUT2D eigenvalue weighted by Gasteiger charge is -2.29. The summed E-state index contributed by atoms with van der Waals surface area (Å²) in [4.78, 5) is 15.6. The van der Waals surface area contributed by atoms with Crippen molar-refractivity contribution in [3.05, 3.63) is 23.9 Å². The molecule has 0 aromatic carbocycles. The van der Waals surface area contributed by atoms with Gasteiger partial charge in [-0.25, -0.2) is 4.98 Å². The number of pyridine rings is 1. The molecule has 136 valence electrons. The Hall–Kier alpha value is -2.34. The molecule has 1 saturated carbocycles. The van der Waals surface area contributed by atoms with Crippen LogP contribution in [-0.2, 0) is 9.53 Å². The van der Waals surface area contributed by atoms with Crippen molar-refractivity contribution in [2.24, 2.45) is 0 Å². The number of halogens is 3. The van der Waals surface area contributed by atoms with Gasteiger partial charge in [0.2, 0.25) is 11.8 Å². The lowest BCUT2D eigenvalue weighted by Crippen LogP contribution is -2.41. The van der Waals surface area contributed by atoms with Gasteiger partial charge in [-0.3, -0.25) is 4.79 Å². The van der Waals surface area contributed by atoms with E-state index in [0.717, 1.165) is 0 Å². The predicted octanol–water partition coefficient (Wildman–Crippen LogP) is 2.34. The SMILES string of the molecule is N#Cc1ccc(OC2CCC(NC(=O)COCC(F)(F)F)CC2)nc1. The van der Waals surface area contributed by atoms with Crippen LogP contribution in [0.15, 0.2) is 18.3 Å². The summed E-state index contributed by atoms with van der Waals surface area (Å²) in [7, 11) is 0. The van der Waals surface area contributed by atoms with Gasteiger partial charge in [-0.1, -0.05) is 0 Å². The molecule has 0 spiro atoms. The van der Waals surface area contributed by atoms with Gasteiger partial charge in [0, 0.05) is 18.3 Å². The standard InChI is InChI=1S/C16H18F3N3O3/c17-16(18,19)10-24-9-14(23)22-12-2-4-13(5-3-12)25-15-6-1-11(7-20)8-21-15/h1,6,8,12-13H,2-5,9-10H2,(H,22,23). The number of aromatic nitrogens is 1. The number of nitrogens with zero attached hydrogens (tertiary/aromatic N) is 2. The highest BCUT2D eigenvalue weighted by Gasteiger charge is 2.28. The first kappa shape index (κ1) is 19.0. The summed E-state index contributed by atoms with van der Waals surface area (Å²) in [6.07, 6.45) is -0.351. The topological polar surface area (TPSA) is 84.2 Å². The fourth-order valence-corrected chi connectivity index (χ4v) is 2.54. The quantitative estimate of drug-likeness (QED) is 0.845.